The van der Waals surface area contributed by atoms with Gasteiger partial charge in [-0.25, -0.2) is 0 Å². The summed E-state index contributed by atoms with van der Waals surface area (Å²) in [6.07, 6.45) is 7.01. The van der Waals surface area contributed by atoms with Gasteiger partial charge in [-0.1, -0.05) is 24.3 Å². The van der Waals surface area contributed by atoms with Gasteiger partial charge in [-0.2, -0.15) is 0 Å². The number of para-hydroxylation sites is 2. The van der Waals surface area contributed by atoms with Crippen molar-refractivity contribution in [2.75, 3.05) is 0 Å². The third-order valence-corrected chi connectivity index (χ3v) is 2.41. The summed E-state index contributed by atoms with van der Waals surface area (Å²) >= 11 is 0. The van der Waals surface area contributed by atoms with Crippen LogP contribution in [0.1, 0.15) is 6.42 Å². The number of ether oxygens (including phenoxy) is 2. The molecule has 0 bridgehead atoms. The van der Waals surface area contributed by atoms with Crippen molar-refractivity contribution >= 4 is 0 Å². The van der Waals surface area contributed by atoms with Crippen LogP contribution in [-0.2, 0) is 0 Å². The minimum atomic E-state index is 0.0647. The molecule has 14 heavy (non-hydrogen) atoms. The monoisotopic (exact) mass is 186 g/mol. The van der Waals surface area contributed by atoms with Crippen molar-refractivity contribution in [1.29, 1.82) is 0 Å². The van der Waals surface area contributed by atoms with Gasteiger partial charge in [0.05, 0.1) is 0 Å². The van der Waals surface area contributed by atoms with Gasteiger partial charge in [0, 0.05) is 6.42 Å². The van der Waals surface area contributed by atoms with Crippen molar-refractivity contribution in [3.63, 3.8) is 0 Å². The van der Waals surface area contributed by atoms with E-state index in [-0.39, 0.29) is 6.10 Å². The Bertz CT molecular complexity index is 418. The van der Waals surface area contributed by atoms with Crippen molar-refractivity contribution in [2.45, 2.75) is 12.5 Å². The summed E-state index contributed by atoms with van der Waals surface area (Å²) in [7, 11) is 0. The Morgan fingerprint density at radius 3 is 2.93 bits per heavy atom. The molecule has 2 aliphatic rings. The SMILES string of the molecule is C1=CCC2Oc3ccccc3OC2=C1. The minimum Gasteiger partial charge on any atom is -0.478 e. The van der Waals surface area contributed by atoms with Gasteiger partial charge in [-0.15, -0.1) is 0 Å². The Balaban J connectivity index is 2.03. The first-order chi connectivity index (χ1) is 6.93. The Morgan fingerprint density at radius 1 is 1.14 bits per heavy atom. The maximum atomic E-state index is 5.79. The van der Waals surface area contributed by atoms with Crippen LogP contribution in [0.5, 0.6) is 11.5 Å². The van der Waals surface area contributed by atoms with Gasteiger partial charge in [0.2, 0.25) is 0 Å². The average Bonchev–Trinajstić information content (AvgIpc) is 2.26. The van der Waals surface area contributed by atoms with E-state index < -0.39 is 0 Å². The Morgan fingerprint density at radius 2 is 2.00 bits per heavy atom. The molecule has 0 amide bonds. The first-order valence-electron chi connectivity index (χ1n) is 4.74. The third-order valence-electron chi connectivity index (χ3n) is 2.41. The van der Waals surface area contributed by atoms with E-state index in [2.05, 4.69) is 6.08 Å². The predicted octanol–water partition coefficient (Wildman–Crippen LogP) is 2.67. The molecule has 0 saturated carbocycles. The molecule has 2 heteroatoms. The highest BCUT2D eigenvalue weighted by atomic mass is 16.6. The lowest BCUT2D eigenvalue weighted by atomic mass is 10.1. The maximum absolute atomic E-state index is 5.79. The van der Waals surface area contributed by atoms with Crippen molar-refractivity contribution in [2.24, 2.45) is 0 Å². The standard InChI is InChI=1S/C12H10O2/c1-2-6-10-9(5-1)13-11-7-3-4-8-12(11)14-10/h1-7,12H,8H2. The van der Waals surface area contributed by atoms with E-state index in [1.807, 2.05) is 36.4 Å². The summed E-state index contributed by atoms with van der Waals surface area (Å²) in [5.41, 5.74) is 0. The summed E-state index contributed by atoms with van der Waals surface area (Å²) in [5.74, 6) is 2.56. The van der Waals surface area contributed by atoms with Crippen LogP contribution in [0.4, 0.5) is 0 Å². The fraction of sp³-hybridized carbons (Fsp3) is 0.167. The maximum Gasteiger partial charge on any atom is 0.169 e. The molecule has 1 aliphatic carbocycles. The van der Waals surface area contributed by atoms with Crippen LogP contribution in [-0.4, -0.2) is 6.10 Å². The van der Waals surface area contributed by atoms with E-state index in [9.17, 15) is 0 Å². The van der Waals surface area contributed by atoms with Crippen LogP contribution in [0, 0.1) is 0 Å². The van der Waals surface area contributed by atoms with Crippen molar-refractivity contribution in [3.8, 4) is 11.5 Å². The summed E-state index contributed by atoms with van der Waals surface area (Å²) in [6.45, 7) is 0. The second-order valence-corrected chi connectivity index (χ2v) is 3.39. The molecule has 1 aromatic rings. The molecule has 0 saturated heterocycles. The molecule has 1 atom stereocenters. The van der Waals surface area contributed by atoms with Gasteiger partial charge >= 0.3 is 0 Å². The van der Waals surface area contributed by atoms with Crippen LogP contribution in [0.3, 0.4) is 0 Å². The average molecular weight is 186 g/mol. The predicted molar refractivity (Wildman–Crippen MR) is 53.3 cm³/mol. The van der Waals surface area contributed by atoms with Gasteiger partial charge in [0.15, 0.2) is 17.6 Å². The molecule has 0 fully saturated rings. The molecule has 70 valence electrons. The Kier molecular flexibility index (Phi) is 1.60. The molecule has 3 rings (SSSR count). The molecule has 0 aromatic heterocycles. The highest BCUT2D eigenvalue weighted by Gasteiger charge is 2.25. The van der Waals surface area contributed by atoms with E-state index in [0.29, 0.717) is 0 Å². The van der Waals surface area contributed by atoms with Gasteiger partial charge in [0.25, 0.3) is 0 Å². The van der Waals surface area contributed by atoms with Crippen molar-refractivity contribution in [3.05, 3.63) is 48.3 Å². The molecular formula is C12H10O2. The lowest BCUT2D eigenvalue weighted by Gasteiger charge is -2.29. The van der Waals surface area contributed by atoms with Crippen molar-refractivity contribution in [1.82, 2.24) is 0 Å². The van der Waals surface area contributed by atoms with Crippen LogP contribution < -0.4 is 9.47 Å². The fourth-order valence-electron chi connectivity index (χ4n) is 1.71. The molecule has 1 heterocycles. The summed E-state index contributed by atoms with van der Waals surface area (Å²) < 4.78 is 11.5. The zero-order chi connectivity index (χ0) is 9.38. The second kappa shape index (κ2) is 2.91. The fourth-order valence-corrected chi connectivity index (χ4v) is 1.71. The second-order valence-electron chi connectivity index (χ2n) is 3.39. The third kappa shape index (κ3) is 1.11. The van der Waals surface area contributed by atoms with Gasteiger partial charge < -0.3 is 9.47 Å². The van der Waals surface area contributed by atoms with E-state index in [1.165, 1.54) is 0 Å². The number of benzene rings is 1. The van der Waals surface area contributed by atoms with Crippen LogP contribution in [0.25, 0.3) is 0 Å². The number of allylic oxidation sites excluding steroid dienone is 2. The first-order valence-corrected chi connectivity index (χ1v) is 4.74. The molecule has 2 nitrogen and oxygen atoms in total. The summed E-state index contributed by atoms with van der Waals surface area (Å²) in [6, 6.07) is 7.76. The van der Waals surface area contributed by atoms with Crippen LogP contribution in [0.2, 0.25) is 0 Å². The summed E-state index contributed by atoms with van der Waals surface area (Å²) in [5, 5.41) is 0. The van der Waals surface area contributed by atoms with E-state index in [0.717, 1.165) is 23.7 Å². The number of hydrogen-bond acceptors (Lipinski definition) is 2. The zero-order valence-corrected chi connectivity index (χ0v) is 7.64. The topological polar surface area (TPSA) is 18.5 Å². The zero-order valence-electron chi connectivity index (χ0n) is 7.64. The molecule has 0 radical (unpaired) electrons. The Labute approximate surface area is 82.5 Å². The molecule has 0 N–H and O–H groups in total. The molecule has 1 aromatic carbocycles. The first kappa shape index (κ1) is 7.68. The van der Waals surface area contributed by atoms with E-state index >= 15 is 0 Å². The van der Waals surface area contributed by atoms with E-state index in [4.69, 9.17) is 9.47 Å². The van der Waals surface area contributed by atoms with Gasteiger partial charge in [-0.3, -0.25) is 0 Å². The van der Waals surface area contributed by atoms with Gasteiger partial charge in [-0.05, 0) is 18.2 Å². The highest BCUT2D eigenvalue weighted by Crippen LogP contribution is 2.36. The smallest absolute Gasteiger partial charge is 0.169 e. The van der Waals surface area contributed by atoms with Crippen LogP contribution >= 0.6 is 0 Å². The molecule has 1 unspecified atom stereocenters. The normalized spacial score (nSPS) is 22.6. The largest absolute Gasteiger partial charge is 0.478 e. The van der Waals surface area contributed by atoms with Crippen LogP contribution in [0.15, 0.2) is 48.3 Å². The summed E-state index contributed by atoms with van der Waals surface area (Å²) in [4.78, 5) is 0. The highest BCUT2D eigenvalue weighted by molar-refractivity contribution is 5.44. The molecular weight excluding hydrogens is 176 g/mol. The van der Waals surface area contributed by atoms with Gasteiger partial charge in [0.1, 0.15) is 5.76 Å². The lowest BCUT2D eigenvalue weighted by molar-refractivity contribution is 0.147. The molecule has 0 spiro atoms. The number of hydrogen-bond donors (Lipinski definition) is 0. The number of rotatable bonds is 0. The lowest BCUT2D eigenvalue weighted by Crippen LogP contribution is -2.27. The minimum absolute atomic E-state index is 0.0647. The van der Waals surface area contributed by atoms with Crippen molar-refractivity contribution < 1.29 is 9.47 Å². The van der Waals surface area contributed by atoms with E-state index in [1.54, 1.807) is 0 Å². The quantitative estimate of drug-likeness (QED) is 0.620. The molecule has 1 aliphatic heterocycles. The number of fused-ring (bicyclic) bond motifs is 2. The Hall–Kier alpha value is -1.70.